The molecule has 0 radical (unpaired) electrons. The van der Waals surface area contributed by atoms with E-state index in [0.717, 1.165) is 22.3 Å². The highest BCUT2D eigenvalue weighted by atomic mass is 79.9. The fourth-order valence-corrected chi connectivity index (χ4v) is 3.20. The molecule has 1 atom stereocenters. The van der Waals surface area contributed by atoms with Gasteiger partial charge >= 0.3 is 0 Å². The van der Waals surface area contributed by atoms with Crippen LogP contribution in [0, 0.1) is 0 Å². The van der Waals surface area contributed by atoms with Gasteiger partial charge in [-0.15, -0.1) is 11.8 Å². The number of halogens is 1. The van der Waals surface area contributed by atoms with Gasteiger partial charge in [0.1, 0.15) is 0 Å². The predicted molar refractivity (Wildman–Crippen MR) is 74.1 cm³/mol. The second-order valence-electron chi connectivity index (χ2n) is 4.01. The minimum absolute atomic E-state index is 0.421. The quantitative estimate of drug-likeness (QED) is 0.845. The average molecular weight is 304 g/mol. The Bertz CT molecular complexity index is 342. The van der Waals surface area contributed by atoms with E-state index in [1.54, 1.807) is 6.92 Å². The number of aliphatic hydroxyl groups is 1. The molecule has 0 bridgehead atoms. The summed E-state index contributed by atoms with van der Waals surface area (Å²) in [5, 5.41) is 9.50. The lowest BCUT2D eigenvalue weighted by Gasteiger charge is -2.11. The molecule has 1 N–H and O–H groups in total. The molecule has 0 amide bonds. The van der Waals surface area contributed by atoms with Crippen molar-refractivity contribution in [1.82, 2.24) is 4.90 Å². The minimum atomic E-state index is -0.421. The van der Waals surface area contributed by atoms with Crippen LogP contribution in [0.25, 0.3) is 0 Å². The van der Waals surface area contributed by atoms with E-state index in [4.69, 9.17) is 0 Å². The molecule has 0 heterocycles. The molecule has 0 aliphatic rings. The van der Waals surface area contributed by atoms with Crippen LogP contribution in [0.3, 0.4) is 0 Å². The van der Waals surface area contributed by atoms with Crippen LogP contribution in [0.2, 0.25) is 0 Å². The van der Waals surface area contributed by atoms with Crippen molar-refractivity contribution in [3.63, 3.8) is 0 Å². The number of hydrogen-bond donors (Lipinski definition) is 1. The number of hydrogen-bond acceptors (Lipinski definition) is 3. The Morgan fingerprint density at radius 2 is 2.12 bits per heavy atom. The third-order valence-electron chi connectivity index (χ3n) is 2.23. The van der Waals surface area contributed by atoms with Gasteiger partial charge in [-0.3, -0.25) is 0 Å². The standard InChI is InChI=1S/C12H18BrNOS/c1-9(15)11-5-4-10(8-12(11)13)16-7-6-14(2)3/h4-5,8-9,15H,6-7H2,1-3H3. The zero-order valence-electron chi connectivity index (χ0n) is 9.90. The van der Waals surface area contributed by atoms with Crippen LogP contribution in [0.5, 0.6) is 0 Å². The number of benzene rings is 1. The van der Waals surface area contributed by atoms with Gasteiger partial charge in [-0.2, -0.15) is 0 Å². The van der Waals surface area contributed by atoms with Crippen LogP contribution in [0.4, 0.5) is 0 Å². The lowest BCUT2D eigenvalue weighted by atomic mass is 10.1. The van der Waals surface area contributed by atoms with Crippen molar-refractivity contribution in [1.29, 1.82) is 0 Å². The lowest BCUT2D eigenvalue weighted by Crippen LogP contribution is -2.14. The Morgan fingerprint density at radius 3 is 2.62 bits per heavy atom. The molecule has 0 fully saturated rings. The van der Waals surface area contributed by atoms with Gasteiger partial charge < -0.3 is 10.0 Å². The maximum atomic E-state index is 9.50. The summed E-state index contributed by atoms with van der Waals surface area (Å²) in [6.07, 6.45) is -0.421. The molecule has 0 aliphatic heterocycles. The topological polar surface area (TPSA) is 23.5 Å². The molecule has 2 nitrogen and oxygen atoms in total. The van der Waals surface area contributed by atoms with Crippen molar-refractivity contribution in [2.45, 2.75) is 17.9 Å². The van der Waals surface area contributed by atoms with E-state index >= 15 is 0 Å². The van der Waals surface area contributed by atoms with E-state index in [1.807, 2.05) is 17.8 Å². The van der Waals surface area contributed by atoms with Gasteiger partial charge in [0, 0.05) is 21.7 Å². The molecule has 1 unspecified atom stereocenters. The third kappa shape index (κ3) is 4.45. The Labute approximate surface area is 110 Å². The molecule has 90 valence electrons. The van der Waals surface area contributed by atoms with Crippen molar-refractivity contribution >= 4 is 27.7 Å². The Kier molecular flexibility index (Phi) is 5.83. The number of rotatable bonds is 5. The molecular formula is C12H18BrNOS. The summed E-state index contributed by atoms with van der Waals surface area (Å²) in [5.74, 6) is 1.08. The highest BCUT2D eigenvalue weighted by molar-refractivity contribution is 9.10. The van der Waals surface area contributed by atoms with E-state index in [1.165, 1.54) is 4.90 Å². The van der Waals surface area contributed by atoms with Gasteiger partial charge in [-0.05, 0) is 38.7 Å². The van der Waals surface area contributed by atoms with Crippen molar-refractivity contribution in [2.75, 3.05) is 26.4 Å². The van der Waals surface area contributed by atoms with Gasteiger partial charge in [0.25, 0.3) is 0 Å². The fourth-order valence-electron chi connectivity index (χ4n) is 1.28. The normalized spacial score (nSPS) is 13.1. The Morgan fingerprint density at radius 1 is 1.44 bits per heavy atom. The van der Waals surface area contributed by atoms with E-state index < -0.39 is 6.10 Å². The van der Waals surface area contributed by atoms with Crippen LogP contribution in [0.15, 0.2) is 27.6 Å². The summed E-state index contributed by atoms with van der Waals surface area (Å²) in [6.45, 7) is 2.85. The summed E-state index contributed by atoms with van der Waals surface area (Å²) in [7, 11) is 4.15. The third-order valence-corrected chi connectivity index (χ3v) is 3.89. The SMILES string of the molecule is CC(O)c1ccc(SCCN(C)C)cc1Br. The van der Waals surface area contributed by atoms with E-state index in [9.17, 15) is 5.11 Å². The molecule has 0 spiro atoms. The summed E-state index contributed by atoms with van der Waals surface area (Å²) in [5.41, 5.74) is 0.942. The molecular weight excluding hydrogens is 286 g/mol. The van der Waals surface area contributed by atoms with Crippen LogP contribution in [0.1, 0.15) is 18.6 Å². The largest absolute Gasteiger partial charge is 0.389 e. The molecule has 0 saturated carbocycles. The maximum Gasteiger partial charge on any atom is 0.0772 e. The molecule has 16 heavy (non-hydrogen) atoms. The summed E-state index contributed by atoms with van der Waals surface area (Å²) < 4.78 is 0.984. The molecule has 1 aromatic carbocycles. The van der Waals surface area contributed by atoms with Gasteiger partial charge in [0.2, 0.25) is 0 Å². The predicted octanol–water partition coefficient (Wildman–Crippen LogP) is 3.16. The van der Waals surface area contributed by atoms with Crippen molar-refractivity contribution in [2.24, 2.45) is 0 Å². The monoisotopic (exact) mass is 303 g/mol. The molecule has 4 heteroatoms. The smallest absolute Gasteiger partial charge is 0.0772 e. The first-order valence-electron chi connectivity index (χ1n) is 5.25. The van der Waals surface area contributed by atoms with Gasteiger partial charge in [0.15, 0.2) is 0 Å². The maximum absolute atomic E-state index is 9.50. The van der Waals surface area contributed by atoms with Crippen LogP contribution in [-0.2, 0) is 0 Å². The number of thioether (sulfide) groups is 1. The molecule has 0 aromatic heterocycles. The minimum Gasteiger partial charge on any atom is -0.389 e. The van der Waals surface area contributed by atoms with E-state index in [2.05, 4.69) is 47.1 Å². The van der Waals surface area contributed by atoms with Gasteiger partial charge in [-0.25, -0.2) is 0 Å². The van der Waals surface area contributed by atoms with Gasteiger partial charge in [-0.1, -0.05) is 22.0 Å². The van der Waals surface area contributed by atoms with E-state index in [0.29, 0.717) is 0 Å². The summed E-state index contributed by atoms with van der Waals surface area (Å²) >= 11 is 5.31. The van der Waals surface area contributed by atoms with Crippen molar-refractivity contribution < 1.29 is 5.11 Å². The summed E-state index contributed by atoms with van der Waals surface area (Å²) in [6, 6.07) is 6.11. The second-order valence-corrected chi connectivity index (χ2v) is 6.03. The lowest BCUT2D eigenvalue weighted by molar-refractivity contribution is 0.198. The second kappa shape index (κ2) is 6.64. The first kappa shape index (κ1) is 14.0. The number of nitrogens with zero attached hydrogens (tertiary/aromatic N) is 1. The Balaban J connectivity index is 2.59. The average Bonchev–Trinajstić information content (AvgIpc) is 2.16. The zero-order valence-corrected chi connectivity index (χ0v) is 12.3. The van der Waals surface area contributed by atoms with Crippen molar-refractivity contribution in [3.05, 3.63) is 28.2 Å². The first-order valence-corrected chi connectivity index (χ1v) is 7.03. The van der Waals surface area contributed by atoms with Crippen LogP contribution < -0.4 is 0 Å². The Hall–Kier alpha value is -0.0300. The highest BCUT2D eigenvalue weighted by Gasteiger charge is 2.06. The zero-order chi connectivity index (χ0) is 12.1. The van der Waals surface area contributed by atoms with Crippen LogP contribution >= 0.6 is 27.7 Å². The fraction of sp³-hybridized carbons (Fsp3) is 0.500. The molecule has 0 aliphatic carbocycles. The van der Waals surface area contributed by atoms with Gasteiger partial charge in [0.05, 0.1) is 6.10 Å². The van der Waals surface area contributed by atoms with Crippen LogP contribution in [-0.4, -0.2) is 36.4 Å². The summed E-state index contributed by atoms with van der Waals surface area (Å²) in [4.78, 5) is 3.41. The molecule has 1 rings (SSSR count). The molecule has 0 saturated heterocycles. The molecule has 1 aromatic rings. The van der Waals surface area contributed by atoms with E-state index in [-0.39, 0.29) is 0 Å². The number of aliphatic hydroxyl groups excluding tert-OH is 1. The first-order chi connectivity index (χ1) is 7.50. The highest BCUT2D eigenvalue weighted by Crippen LogP contribution is 2.28. The van der Waals surface area contributed by atoms with Crippen molar-refractivity contribution in [3.8, 4) is 0 Å².